The molecule has 0 aliphatic heterocycles. The normalized spacial score (nSPS) is 11.3. The van der Waals surface area contributed by atoms with Crippen molar-refractivity contribution < 1.29 is 0 Å². The zero-order chi connectivity index (χ0) is 51.9. The Morgan fingerprint density at radius 3 is 0.628 bits per heavy atom. The molecule has 0 aromatic heterocycles. The first-order chi connectivity index (χ1) is 38.6. The largest absolute Gasteiger partial charge is 0.192 e. The number of hydrogen-bond acceptors (Lipinski definition) is 1. The second-order valence-electron chi connectivity index (χ2n) is 20.3. The summed E-state index contributed by atoms with van der Waals surface area (Å²) in [6.07, 6.45) is 0. The topological polar surface area (TPSA) is 23.8 Å². The molecule has 14 aromatic rings. The molecule has 0 amide bonds. The van der Waals surface area contributed by atoms with E-state index in [-0.39, 0.29) is 0 Å². The van der Waals surface area contributed by atoms with Crippen LogP contribution in [0, 0.1) is 11.3 Å². The van der Waals surface area contributed by atoms with Crippen LogP contribution in [-0.4, -0.2) is 0 Å². The second kappa shape index (κ2) is 19.7. The van der Waals surface area contributed by atoms with Crippen LogP contribution in [0.15, 0.2) is 297 Å². The summed E-state index contributed by atoms with van der Waals surface area (Å²) in [6.45, 7) is 0. The maximum atomic E-state index is 10.0. The molecule has 78 heavy (non-hydrogen) atoms. The van der Waals surface area contributed by atoms with Crippen molar-refractivity contribution in [2.45, 2.75) is 0 Å². The molecule has 0 radical (unpaired) electrons. The average molecular weight is 988 g/mol. The maximum Gasteiger partial charge on any atom is 0.0991 e. The Labute approximate surface area is 455 Å². The molecular formula is C77H49N. The number of nitriles is 1. The van der Waals surface area contributed by atoms with E-state index in [1.807, 2.05) is 12.1 Å². The van der Waals surface area contributed by atoms with Crippen LogP contribution in [0.25, 0.3) is 144 Å². The minimum atomic E-state index is 0.634. The van der Waals surface area contributed by atoms with Gasteiger partial charge in [0, 0.05) is 0 Å². The lowest BCUT2D eigenvalue weighted by Crippen LogP contribution is -1.96. The van der Waals surface area contributed by atoms with Gasteiger partial charge in [0.05, 0.1) is 11.6 Å². The van der Waals surface area contributed by atoms with Gasteiger partial charge in [-0.25, -0.2) is 0 Å². The zero-order valence-corrected chi connectivity index (χ0v) is 42.7. The van der Waals surface area contributed by atoms with E-state index >= 15 is 0 Å². The summed E-state index contributed by atoms with van der Waals surface area (Å²) >= 11 is 0. The first kappa shape index (κ1) is 46.2. The molecular weight excluding hydrogens is 939 g/mol. The van der Waals surface area contributed by atoms with Gasteiger partial charge in [0.15, 0.2) is 0 Å². The Bertz CT molecular complexity index is 4220. The summed E-state index contributed by atoms with van der Waals surface area (Å²) in [4.78, 5) is 0. The Kier molecular flexibility index (Phi) is 11.7. The Hall–Kier alpha value is -10.4. The predicted molar refractivity (Wildman–Crippen MR) is 329 cm³/mol. The molecule has 0 heterocycles. The van der Waals surface area contributed by atoms with Crippen LogP contribution in [0.1, 0.15) is 5.56 Å². The van der Waals surface area contributed by atoms with Crippen molar-refractivity contribution in [2.24, 2.45) is 0 Å². The van der Waals surface area contributed by atoms with E-state index in [9.17, 15) is 5.26 Å². The fourth-order valence-electron chi connectivity index (χ4n) is 11.8. The summed E-state index contributed by atoms with van der Waals surface area (Å²) in [5.41, 5.74) is 23.7. The molecule has 0 bridgehead atoms. The molecule has 0 fully saturated rings. The highest BCUT2D eigenvalue weighted by atomic mass is 14.3. The maximum absolute atomic E-state index is 10.0. The van der Waals surface area contributed by atoms with E-state index in [4.69, 9.17) is 0 Å². The first-order valence-electron chi connectivity index (χ1n) is 26.7. The summed E-state index contributed by atoms with van der Waals surface area (Å²) in [7, 11) is 0. The molecule has 14 rings (SSSR count). The zero-order valence-electron chi connectivity index (χ0n) is 42.7. The molecule has 1 heteroatoms. The van der Waals surface area contributed by atoms with Crippen molar-refractivity contribution >= 4 is 32.3 Å². The minimum absolute atomic E-state index is 0.634. The van der Waals surface area contributed by atoms with Crippen LogP contribution in [0.3, 0.4) is 0 Å². The standard InChI is InChI=1S/C77H49N/c78-50-51-31-33-58(34-32-51)72-48-73(65-42-59(52-19-7-1-8-20-52)39-60(43-65)53-21-9-2-10-22-53)69-37-38-71-75(67-46-63(56-27-15-5-16-28-56)41-64(47-67)57-29-17-6-18-30-57)49-74(70-36-35-68(72)76(69)77(70)71)66-44-61(54-23-11-3-12-24-54)40-62(45-66)55-25-13-4-14-26-55/h1-49H. The third-order valence-corrected chi connectivity index (χ3v) is 15.6. The molecule has 0 aliphatic carbocycles. The highest BCUT2D eigenvalue weighted by Gasteiger charge is 2.23. The molecule has 0 saturated carbocycles. The Morgan fingerprint density at radius 1 is 0.179 bits per heavy atom. The highest BCUT2D eigenvalue weighted by Crippen LogP contribution is 2.50. The van der Waals surface area contributed by atoms with Crippen molar-refractivity contribution in [3.05, 3.63) is 303 Å². The van der Waals surface area contributed by atoms with E-state index < -0.39 is 0 Å². The average Bonchev–Trinajstić information content (AvgIpc) is 3.63. The monoisotopic (exact) mass is 987 g/mol. The van der Waals surface area contributed by atoms with Crippen molar-refractivity contribution in [3.63, 3.8) is 0 Å². The highest BCUT2D eigenvalue weighted by molar-refractivity contribution is 6.32. The van der Waals surface area contributed by atoms with Gasteiger partial charge in [-0.2, -0.15) is 5.26 Å². The minimum Gasteiger partial charge on any atom is -0.192 e. The van der Waals surface area contributed by atoms with Crippen LogP contribution in [0.2, 0.25) is 0 Å². The van der Waals surface area contributed by atoms with Crippen molar-refractivity contribution in [3.8, 4) is 117 Å². The molecule has 1 nitrogen and oxygen atoms in total. The fourth-order valence-corrected chi connectivity index (χ4v) is 11.8. The van der Waals surface area contributed by atoms with E-state index in [0.717, 1.165) is 94.4 Å². The summed E-state index contributed by atoms with van der Waals surface area (Å²) in [5.74, 6) is 0. The first-order valence-corrected chi connectivity index (χ1v) is 26.7. The Balaban J connectivity index is 1.13. The lowest BCUT2D eigenvalue weighted by Gasteiger charge is -2.23. The van der Waals surface area contributed by atoms with Gasteiger partial charge < -0.3 is 0 Å². The van der Waals surface area contributed by atoms with Crippen LogP contribution < -0.4 is 0 Å². The van der Waals surface area contributed by atoms with Gasteiger partial charge in [-0.3, -0.25) is 0 Å². The second-order valence-corrected chi connectivity index (χ2v) is 20.3. The number of rotatable bonds is 10. The van der Waals surface area contributed by atoms with E-state index in [2.05, 4.69) is 291 Å². The molecule has 14 aromatic carbocycles. The van der Waals surface area contributed by atoms with Crippen LogP contribution in [0.5, 0.6) is 0 Å². The smallest absolute Gasteiger partial charge is 0.0991 e. The fraction of sp³-hybridized carbons (Fsp3) is 0. The predicted octanol–water partition coefficient (Wildman–Crippen LogP) is 21.1. The van der Waals surface area contributed by atoms with E-state index in [1.165, 1.54) is 49.2 Å². The lowest BCUT2D eigenvalue weighted by molar-refractivity contribution is 1.48. The Morgan fingerprint density at radius 2 is 0.397 bits per heavy atom. The molecule has 0 N–H and O–H groups in total. The van der Waals surface area contributed by atoms with Gasteiger partial charge in [0.1, 0.15) is 0 Å². The molecule has 0 unspecified atom stereocenters. The van der Waals surface area contributed by atoms with E-state index in [1.54, 1.807) is 0 Å². The van der Waals surface area contributed by atoms with Crippen molar-refractivity contribution in [2.75, 3.05) is 0 Å². The lowest BCUT2D eigenvalue weighted by atomic mass is 9.80. The molecule has 362 valence electrons. The SMILES string of the molecule is N#Cc1ccc(-c2cc(-c3cc(-c4ccccc4)cc(-c4ccccc4)c3)c3ccc4c(-c5cc(-c6ccccc6)cc(-c6ccccc6)c5)cc(-c5cc(-c6ccccc6)cc(-c6ccccc6)c5)c5ccc2c3c54)cc1. The third-order valence-electron chi connectivity index (χ3n) is 15.6. The van der Waals surface area contributed by atoms with Gasteiger partial charge in [-0.15, -0.1) is 0 Å². The third kappa shape index (κ3) is 8.49. The number of hydrogen-bond donors (Lipinski definition) is 0. The van der Waals surface area contributed by atoms with E-state index in [0.29, 0.717) is 5.56 Å². The van der Waals surface area contributed by atoms with Crippen molar-refractivity contribution in [1.29, 1.82) is 5.26 Å². The van der Waals surface area contributed by atoms with Gasteiger partial charge in [0.25, 0.3) is 0 Å². The molecule has 0 saturated heterocycles. The van der Waals surface area contributed by atoms with Crippen molar-refractivity contribution in [1.82, 2.24) is 0 Å². The summed E-state index contributed by atoms with van der Waals surface area (Å²) in [5, 5.41) is 17.1. The van der Waals surface area contributed by atoms with Gasteiger partial charge in [0.2, 0.25) is 0 Å². The quantitative estimate of drug-likeness (QED) is 0.125. The van der Waals surface area contributed by atoms with Gasteiger partial charge in [-0.1, -0.05) is 218 Å². The van der Waals surface area contributed by atoms with Crippen LogP contribution in [-0.2, 0) is 0 Å². The number of nitrogens with zero attached hydrogens (tertiary/aromatic N) is 1. The molecule has 0 atom stereocenters. The van der Waals surface area contributed by atoms with Crippen LogP contribution >= 0.6 is 0 Å². The van der Waals surface area contributed by atoms with Gasteiger partial charge in [-0.05, 0) is 222 Å². The molecule has 0 aliphatic rings. The van der Waals surface area contributed by atoms with Crippen LogP contribution in [0.4, 0.5) is 0 Å². The number of benzene rings is 14. The van der Waals surface area contributed by atoms with Gasteiger partial charge >= 0.3 is 0 Å². The molecule has 0 spiro atoms. The summed E-state index contributed by atoms with van der Waals surface area (Å²) < 4.78 is 0. The summed E-state index contributed by atoms with van der Waals surface area (Å²) in [6, 6.07) is 111.